The number of hydrogen-bond donors (Lipinski definition) is 2. The minimum Gasteiger partial charge on any atom is -0.507 e. The second-order valence-electron chi connectivity index (χ2n) is 12.5. The fraction of sp³-hybridized carbons (Fsp3) is 0.162. The van der Waals surface area contributed by atoms with Crippen molar-refractivity contribution < 1.29 is 14.7 Å². The van der Waals surface area contributed by atoms with Crippen LogP contribution < -0.4 is 5.73 Å². The molecule has 0 unspecified atom stereocenters. The van der Waals surface area contributed by atoms with Crippen LogP contribution in [0.3, 0.4) is 0 Å². The van der Waals surface area contributed by atoms with Gasteiger partial charge >= 0.3 is 0 Å². The smallest absolute Gasteiger partial charge is 0.253 e. The Morgan fingerprint density at radius 2 is 1.68 bits per heavy atom. The van der Waals surface area contributed by atoms with Gasteiger partial charge in [-0.1, -0.05) is 42.5 Å². The maximum Gasteiger partial charge on any atom is 0.253 e. The molecule has 2 fully saturated rings. The van der Waals surface area contributed by atoms with Gasteiger partial charge in [0, 0.05) is 61.1 Å². The maximum absolute atomic E-state index is 12.9. The van der Waals surface area contributed by atoms with Gasteiger partial charge in [0.15, 0.2) is 17.8 Å². The number of nitrogens with two attached hydrogens (primary N) is 1. The van der Waals surface area contributed by atoms with E-state index in [1.54, 1.807) is 12.3 Å². The van der Waals surface area contributed by atoms with E-state index in [2.05, 4.69) is 34.1 Å². The van der Waals surface area contributed by atoms with Gasteiger partial charge in [-0.2, -0.15) is 0 Å². The summed E-state index contributed by atoms with van der Waals surface area (Å²) in [5.41, 5.74) is 13.2. The minimum atomic E-state index is -0.120. The van der Waals surface area contributed by atoms with Gasteiger partial charge in [-0.05, 0) is 60.2 Å². The van der Waals surface area contributed by atoms with Gasteiger partial charge in [-0.15, -0.1) is 0 Å². The van der Waals surface area contributed by atoms with Crippen LogP contribution in [0.25, 0.3) is 39.5 Å². The van der Waals surface area contributed by atoms with Crippen LogP contribution in [0.15, 0.2) is 103 Å². The maximum atomic E-state index is 12.9. The predicted molar refractivity (Wildman–Crippen MR) is 179 cm³/mol. The van der Waals surface area contributed by atoms with E-state index in [4.69, 9.17) is 15.7 Å². The molecule has 3 N–H and O–H groups in total. The first-order valence-corrected chi connectivity index (χ1v) is 15.4. The van der Waals surface area contributed by atoms with E-state index < -0.39 is 0 Å². The lowest BCUT2D eigenvalue weighted by molar-refractivity contribution is -0.102. The van der Waals surface area contributed by atoms with Crippen LogP contribution >= 0.6 is 0 Å². The zero-order valence-corrected chi connectivity index (χ0v) is 25.5. The van der Waals surface area contributed by atoms with Gasteiger partial charge in [-0.3, -0.25) is 19.1 Å². The summed E-state index contributed by atoms with van der Waals surface area (Å²) in [6, 6.07) is 30.7. The molecule has 2 aliphatic heterocycles. The number of phenols is 1. The lowest BCUT2D eigenvalue weighted by atomic mass is 9.72. The summed E-state index contributed by atoms with van der Waals surface area (Å²) in [5, 5.41) is 9.76. The molecule has 5 heterocycles. The lowest BCUT2D eigenvalue weighted by Crippen LogP contribution is -2.72. The van der Waals surface area contributed by atoms with Crippen molar-refractivity contribution in [3.05, 3.63) is 120 Å². The summed E-state index contributed by atoms with van der Waals surface area (Å²) in [7, 11) is 0. The topological polar surface area (TPSA) is 130 Å². The number of benzene rings is 3. The number of carbonyl (C=O) groups is 2. The standard InChI is InChI=1S/C37H31N7O3/c38-33-29(7-4-16-39-33)34-41-31-14-13-30(25-5-2-1-3-6-25)40-35(31)44(34)28-11-8-24(9-12-28)18-42-20-37(21-42)22-43(23-37)36(47)26-10-15-32(46)27(17-26)19-45/h1-17,19,46H,18,20-23H2,(H2,38,39). The van der Waals surface area contributed by atoms with Crippen LogP contribution in [-0.2, 0) is 6.54 Å². The zero-order chi connectivity index (χ0) is 32.1. The Morgan fingerprint density at radius 3 is 2.43 bits per heavy atom. The number of carbonyl (C=O) groups excluding carboxylic acids is 2. The molecule has 6 aromatic rings. The fourth-order valence-electron chi connectivity index (χ4n) is 6.85. The van der Waals surface area contributed by atoms with E-state index in [1.165, 1.54) is 17.7 Å². The largest absolute Gasteiger partial charge is 0.507 e. The monoisotopic (exact) mass is 621 g/mol. The van der Waals surface area contributed by atoms with Crippen molar-refractivity contribution in [3.8, 4) is 34.1 Å². The molecule has 3 aromatic carbocycles. The highest BCUT2D eigenvalue weighted by Gasteiger charge is 2.52. The van der Waals surface area contributed by atoms with Crippen LogP contribution in [0, 0.1) is 5.41 Å². The molecule has 1 spiro atoms. The van der Waals surface area contributed by atoms with E-state index in [0.29, 0.717) is 36.6 Å². The number of anilines is 1. The first-order valence-electron chi connectivity index (χ1n) is 15.4. The number of aldehydes is 1. The van der Waals surface area contributed by atoms with Crippen molar-refractivity contribution in [2.24, 2.45) is 5.41 Å². The van der Waals surface area contributed by atoms with Crippen LogP contribution in [0.1, 0.15) is 26.3 Å². The normalized spacial score (nSPS) is 15.4. The van der Waals surface area contributed by atoms with Crippen LogP contribution in [0.4, 0.5) is 5.82 Å². The van der Waals surface area contributed by atoms with Crippen LogP contribution in [0.5, 0.6) is 5.75 Å². The third kappa shape index (κ3) is 5.08. The van der Waals surface area contributed by atoms with Crippen molar-refractivity contribution in [1.82, 2.24) is 29.3 Å². The molecule has 0 atom stereocenters. The highest BCUT2D eigenvalue weighted by molar-refractivity contribution is 5.97. The molecule has 0 bridgehead atoms. The number of hydrogen-bond acceptors (Lipinski definition) is 8. The van der Waals surface area contributed by atoms with E-state index in [1.807, 2.05) is 64.1 Å². The highest BCUT2D eigenvalue weighted by Crippen LogP contribution is 2.41. The summed E-state index contributed by atoms with van der Waals surface area (Å²) >= 11 is 0. The van der Waals surface area contributed by atoms with E-state index in [0.717, 1.165) is 53.3 Å². The minimum absolute atomic E-state index is 0.108. The first kappa shape index (κ1) is 28.6. The summed E-state index contributed by atoms with van der Waals surface area (Å²) in [6.45, 7) is 4.00. The zero-order valence-electron chi connectivity index (χ0n) is 25.5. The molecule has 2 saturated heterocycles. The second-order valence-corrected chi connectivity index (χ2v) is 12.5. The molecule has 232 valence electrons. The summed E-state index contributed by atoms with van der Waals surface area (Å²) in [4.78, 5) is 42.6. The highest BCUT2D eigenvalue weighted by atomic mass is 16.3. The number of imidazole rings is 1. The van der Waals surface area contributed by atoms with Gasteiger partial charge < -0.3 is 15.7 Å². The molecule has 0 radical (unpaired) electrons. The van der Waals surface area contributed by atoms with Gasteiger partial charge in [-0.25, -0.2) is 15.0 Å². The van der Waals surface area contributed by atoms with Crippen LogP contribution in [-0.4, -0.2) is 72.8 Å². The number of pyridine rings is 2. The predicted octanol–water partition coefficient (Wildman–Crippen LogP) is 5.21. The molecule has 8 rings (SSSR count). The summed E-state index contributed by atoms with van der Waals surface area (Å²) < 4.78 is 2.05. The molecule has 2 aliphatic rings. The Labute approximate surface area is 270 Å². The molecular weight excluding hydrogens is 590 g/mol. The average molecular weight is 622 g/mol. The average Bonchev–Trinajstić information content (AvgIpc) is 3.44. The number of rotatable bonds is 7. The summed E-state index contributed by atoms with van der Waals surface area (Å²) in [6.07, 6.45) is 2.23. The molecule has 0 saturated carbocycles. The number of likely N-dealkylation sites (tertiary alicyclic amines) is 2. The molecular formula is C37H31N7O3. The molecule has 47 heavy (non-hydrogen) atoms. The number of phenolic OH excluding ortho intramolecular Hbond substituents is 1. The Bertz CT molecular complexity index is 2150. The van der Waals surface area contributed by atoms with Gasteiger partial charge in [0.05, 0.1) is 16.8 Å². The summed E-state index contributed by atoms with van der Waals surface area (Å²) in [5.74, 6) is 0.850. The third-order valence-electron chi connectivity index (χ3n) is 9.11. The number of aromatic hydroxyl groups is 1. The fourth-order valence-corrected chi connectivity index (χ4v) is 6.85. The Hall–Kier alpha value is -5.87. The van der Waals surface area contributed by atoms with E-state index in [9.17, 15) is 14.7 Å². The number of aromatic nitrogens is 4. The number of nitrogens with zero attached hydrogens (tertiary/aromatic N) is 6. The Morgan fingerprint density at radius 1 is 0.894 bits per heavy atom. The molecule has 10 heteroatoms. The van der Waals surface area contributed by atoms with E-state index >= 15 is 0 Å². The lowest BCUT2D eigenvalue weighted by Gasteiger charge is -2.60. The van der Waals surface area contributed by atoms with Gasteiger partial charge in [0.1, 0.15) is 17.1 Å². The van der Waals surface area contributed by atoms with Crippen LogP contribution in [0.2, 0.25) is 0 Å². The third-order valence-corrected chi connectivity index (χ3v) is 9.11. The van der Waals surface area contributed by atoms with Crippen molar-refractivity contribution in [3.63, 3.8) is 0 Å². The quantitative estimate of drug-likeness (QED) is 0.233. The first-order chi connectivity index (χ1) is 22.9. The number of nitrogen functional groups attached to an aromatic ring is 1. The second kappa shape index (κ2) is 11.2. The Kier molecular flexibility index (Phi) is 6.80. The van der Waals surface area contributed by atoms with E-state index in [-0.39, 0.29) is 22.6 Å². The molecule has 0 aliphatic carbocycles. The molecule has 3 aromatic heterocycles. The van der Waals surface area contributed by atoms with Crippen molar-refractivity contribution in [1.29, 1.82) is 0 Å². The van der Waals surface area contributed by atoms with Crippen molar-refractivity contribution >= 4 is 29.2 Å². The van der Waals surface area contributed by atoms with Crippen molar-refractivity contribution in [2.45, 2.75) is 6.54 Å². The molecule has 10 nitrogen and oxygen atoms in total. The SMILES string of the molecule is Nc1ncccc1-c1nc2ccc(-c3ccccc3)nc2n1-c1ccc(CN2CC3(C2)CN(C(=O)c2ccc(O)c(C=O)c2)C3)cc1. The van der Waals surface area contributed by atoms with Crippen molar-refractivity contribution in [2.75, 3.05) is 31.9 Å². The van der Waals surface area contributed by atoms with Gasteiger partial charge in [0.25, 0.3) is 5.91 Å². The number of amides is 1. The van der Waals surface area contributed by atoms with Gasteiger partial charge in [0.2, 0.25) is 0 Å². The molecule has 1 amide bonds. The number of fused-ring (bicyclic) bond motifs is 1. The Balaban J connectivity index is 0.997.